The molecular weight excluding hydrogens is 390 g/mol. The number of benzene rings is 2. The Morgan fingerprint density at radius 2 is 1.93 bits per heavy atom. The summed E-state index contributed by atoms with van der Waals surface area (Å²) in [7, 11) is 0. The number of aromatic nitrogens is 1. The van der Waals surface area contributed by atoms with E-state index >= 15 is 0 Å². The lowest BCUT2D eigenvalue weighted by Gasteiger charge is -2.12. The number of carbonyl (C=O) groups excluding carboxylic acids is 1. The highest BCUT2D eigenvalue weighted by Crippen LogP contribution is 2.30. The van der Waals surface area contributed by atoms with Crippen LogP contribution in [-0.4, -0.2) is 10.5 Å². The van der Waals surface area contributed by atoms with Crippen LogP contribution in [0.2, 0.25) is 10.0 Å². The van der Waals surface area contributed by atoms with Crippen molar-refractivity contribution in [3.8, 4) is 0 Å². The lowest BCUT2D eigenvalue weighted by molar-refractivity contribution is 0.101. The zero-order chi connectivity index (χ0) is 19.0. The Hall–Kier alpha value is -2.76. The van der Waals surface area contributed by atoms with Gasteiger partial charge in [-0.05, 0) is 29.8 Å². The molecule has 0 fully saturated rings. The first-order valence-electron chi connectivity index (χ1n) is 8.09. The molecule has 2 aromatic carbocycles. The molecule has 0 aliphatic rings. The minimum Gasteiger partial charge on any atom is -0.463 e. The fraction of sp³-hybridized carbons (Fsp3) is 0.0500. The van der Waals surface area contributed by atoms with Gasteiger partial charge in [0.2, 0.25) is 0 Å². The van der Waals surface area contributed by atoms with Gasteiger partial charge in [-0.3, -0.25) is 4.79 Å². The van der Waals surface area contributed by atoms with Crippen molar-refractivity contribution in [2.24, 2.45) is 0 Å². The summed E-state index contributed by atoms with van der Waals surface area (Å²) >= 11 is 12.2. The van der Waals surface area contributed by atoms with E-state index in [4.69, 9.17) is 27.6 Å². The summed E-state index contributed by atoms with van der Waals surface area (Å²) in [5, 5.41) is 3.37. The lowest BCUT2D eigenvalue weighted by atomic mass is 10.2. The Kier molecular flexibility index (Phi) is 4.64. The number of nitrogens with zero attached hydrogens (tertiary/aromatic N) is 1. The van der Waals surface area contributed by atoms with Crippen molar-refractivity contribution in [3.63, 3.8) is 0 Å². The van der Waals surface area contributed by atoms with Crippen LogP contribution in [0.25, 0.3) is 11.1 Å². The average Bonchev–Trinajstić information content (AvgIpc) is 3.22. The second-order valence-electron chi connectivity index (χ2n) is 5.97. The van der Waals surface area contributed by atoms with Crippen LogP contribution in [0, 0.1) is 5.82 Å². The highest BCUT2D eigenvalue weighted by molar-refractivity contribution is 6.44. The molecule has 4 rings (SSSR count). The smallest absolute Gasteiger partial charge is 0.272 e. The number of hydrogen-bond donors (Lipinski definition) is 1. The molecule has 0 saturated heterocycles. The van der Waals surface area contributed by atoms with Crippen molar-refractivity contribution in [3.05, 3.63) is 88.0 Å². The first-order valence-corrected chi connectivity index (χ1v) is 8.85. The molecule has 27 heavy (non-hydrogen) atoms. The zero-order valence-corrected chi connectivity index (χ0v) is 15.4. The summed E-state index contributed by atoms with van der Waals surface area (Å²) in [4.78, 5) is 12.9. The van der Waals surface area contributed by atoms with Crippen LogP contribution in [0.1, 0.15) is 16.1 Å². The van der Waals surface area contributed by atoms with Crippen LogP contribution in [0.15, 0.2) is 65.3 Å². The van der Waals surface area contributed by atoms with Crippen molar-refractivity contribution in [1.82, 2.24) is 4.57 Å². The van der Waals surface area contributed by atoms with Crippen LogP contribution >= 0.6 is 23.2 Å². The van der Waals surface area contributed by atoms with E-state index in [0.29, 0.717) is 28.5 Å². The van der Waals surface area contributed by atoms with Crippen molar-refractivity contribution in [1.29, 1.82) is 0 Å². The van der Waals surface area contributed by atoms with Crippen LogP contribution in [-0.2, 0) is 6.54 Å². The molecule has 1 amide bonds. The quantitative estimate of drug-likeness (QED) is 0.456. The zero-order valence-electron chi connectivity index (χ0n) is 13.9. The second-order valence-corrected chi connectivity index (χ2v) is 6.76. The van der Waals surface area contributed by atoms with E-state index in [1.54, 1.807) is 53.3 Å². The van der Waals surface area contributed by atoms with Gasteiger partial charge < -0.3 is 14.3 Å². The van der Waals surface area contributed by atoms with Gasteiger partial charge in [-0.25, -0.2) is 4.39 Å². The Labute approximate surface area is 164 Å². The van der Waals surface area contributed by atoms with Crippen LogP contribution in [0.3, 0.4) is 0 Å². The Morgan fingerprint density at radius 3 is 2.74 bits per heavy atom. The van der Waals surface area contributed by atoms with Crippen molar-refractivity contribution >= 4 is 45.9 Å². The van der Waals surface area contributed by atoms with Gasteiger partial charge in [0.25, 0.3) is 5.91 Å². The number of anilines is 1. The third kappa shape index (κ3) is 3.44. The van der Waals surface area contributed by atoms with E-state index in [9.17, 15) is 9.18 Å². The summed E-state index contributed by atoms with van der Waals surface area (Å²) in [5.74, 6) is -0.707. The van der Waals surface area contributed by atoms with Crippen LogP contribution < -0.4 is 5.32 Å². The van der Waals surface area contributed by atoms with E-state index in [2.05, 4.69) is 5.32 Å². The molecule has 4 nitrogen and oxygen atoms in total. The summed E-state index contributed by atoms with van der Waals surface area (Å²) in [6.45, 7) is 0.312. The average molecular weight is 403 g/mol. The predicted molar refractivity (Wildman–Crippen MR) is 104 cm³/mol. The molecule has 4 aromatic rings. The molecule has 7 heteroatoms. The molecule has 0 spiro atoms. The second kappa shape index (κ2) is 7.10. The van der Waals surface area contributed by atoms with Crippen LogP contribution in [0.5, 0.6) is 0 Å². The molecule has 2 aromatic heterocycles. The van der Waals surface area contributed by atoms with Crippen molar-refractivity contribution in [2.75, 3.05) is 5.32 Å². The number of furan rings is 1. The maximum absolute atomic E-state index is 13.5. The molecule has 0 aliphatic heterocycles. The van der Waals surface area contributed by atoms with Crippen LogP contribution in [0.4, 0.5) is 10.1 Å². The highest BCUT2D eigenvalue weighted by atomic mass is 35.5. The van der Waals surface area contributed by atoms with Gasteiger partial charge in [0.15, 0.2) is 5.58 Å². The van der Waals surface area contributed by atoms with Gasteiger partial charge in [-0.15, -0.1) is 0 Å². The normalized spacial score (nSPS) is 11.1. The van der Waals surface area contributed by atoms with E-state index in [1.165, 1.54) is 12.1 Å². The first kappa shape index (κ1) is 17.6. The van der Waals surface area contributed by atoms with Gasteiger partial charge in [0.05, 0.1) is 27.5 Å². The summed E-state index contributed by atoms with van der Waals surface area (Å²) in [6, 6.07) is 14.6. The molecule has 0 radical (unpaired) electrons. The minimum atomic E-state index is -0.373. The number of fused-ring (bicyclic) bond motifs is 1. The lowest BCUT2D eigenvalue weighted by Crippen LogP contribution is -2.17. The Balaban J connectivity index is 1.72. The SMILES string of the molecule is O=C(Nc1cccc(Cl)c1Cl)c1cc2occc2n1Cc1cccc(F)c1. The minimum absolute atomic E-state index is 0.263. The summed E-state index contributed by atoms with van der Waals surface area (Å²) < 4.78 is 20.7. The summed E-state index contributed by atoms with van der Waals surface area (Å²) in [6.07, 6.45) is 1.54. The third-order valence-electron chi connectivity index (χ3n) is 4.18. The number of hydrogen-bond acceptors (Lipinski definition) is 2. The van der Waals surface area contributed by atoms with E-state index < -0.39 is 0 Å². The monoisotopic (exact) mass is 402 g/mol. The molecule has 0 saturated carbocycles. The molecule has 1 N–H and O–H groups in total. The molecule has 136 valence electrons. The standard InChI is InChI=1S/C20H13Cl2FN2O2/c21-14-5-2-6-15(19(14)22)24-20(26)17-10-18-16(7-8-27-18)25(17)11-12-3-1-4-13(23)9-12/h1-10H,11H2,(H,24,26). The van der Waals surface area contributed by atoms with Gasteiger partial charge >= 0.3 is 0 Å². The number of nitrogens with one attached hydrogen (secondary N) is 1. The molecule has 0 atom stereocenters. The maximum atomic E-state index is 13.5. The topological polar surface area (TPSA) is 47.2 Å². The maximum Gasteiger partial charge on any atom is 0.272 e. The number of halogens is 3. The van der Waals surface area contributed by atoms with Crippen molar-refractivity contribution < 1.29 is 13.6 Å². The number of rotatable bonds is 4. The van der Waals surface area contributed by atoms with E-state index in [-0.39, 0.29) is 16.7 Å². The van der Waals surface area contributed by atoms with E-state index in [1.807, 2.05) is 0 Å². The molecule has 2 heterocycles. The van der Waals surface area contributed by atoms with E-state index in [0.717, 1.165) is 11.1 Å². The third-order valence-corrected chi connectivity index (χ3v) is 5.00. The largest absolute Gasteiger partial charge is 0.463 e. The van der Waals surface area contributed by atoms with Crippen molar-refractivity contribution in [2.45, 2.75) is 6.54 Å². The number of amides is 1. The molecular formula is C20H13Cl2FN2O2. The fourth-order valence-corrected chi connectivity index (χ4v) is 3.29. The Bertz CT molecular complexity index is 1150. The number of carbonyl (C=O) groups is 1. The first-order chi connectivity index (χ1) is 13.0. The van der Waals surface area contributed by atoms with Gasteiger partial charge in [-0.1, -0.05) is 41.4 Å². The fourth-order valence-electron chi connectivity index (χ4n) is 2.94. The highest BCUT2D eigenvalue weighted by Gasteiger charge is 2.19. The Morgan fingerprint density at radius 1 is 1.11 bits per heavy atom. The van der Waals surface area contributed by atoms with Gasteiger partial charge in [0, 0.05) is 18.7 Å². The predicted octanol–water partition coefficient (Wildman–Crippen LogP) is 5.98. The summed E-state index contributed by atoms with van der Waals surface area (Å²) in [5.41, 5.74) is 2.80. The van der Waals surface area contributed by atoms with Gasteiger partial charge in [0.1, 0.15) is 11.5 Å². The molecule has 0 aliphatic carbocycles. The van der Waals surface area contributed by atoms with Gasteiger partial charge in [-0.2, -0.15) is 0 Å². The molecule has 0 bridgehead atoms. The molecule has 0 unspecified atom stereocenters.